The van der Waals surface area contributed by atoms with Crippen LogP contribution >= 0.6 is 0 Å². The van der Waals surface area contributed by atoms with Gasteiger partial charge in [0.25, 0.3) is 0 Å². The van der Waals surface area contributed by atoms with Crippen LogP contribution in [-0.4, -0.2) is 17.8 Å². The van der Waals surface area contributed by atoms with E-state index in [9.17, 15) is 0 Å². The molecule has 1 N–H and O–H groups in total. The maximum Gasteiger partial charge on any atom is 0.316 e. The third kappa shape index (κ3) is 2.72. The van der Waals surface area contributed by atoms with E-state index >= 15 is 0 Å². The summed E-state index contributed by atoms with van der Waals surface area (Å²) in [5, 5.41) is 4.30. The molecule has 0 spiro atoms. The van der Waals surface area contributed by atoms with Crippen LogP contribution in [0.1, 0.15) is 12.5 Å². The van der Waals surface area contributed by atoms with E-state index in [4.69, 9.17) is 9.15 Å². The summed E-state index contributed by atoms with van der Waals surface area (Å²) in [5.74, 6) is 0.776. The summed E-state index contributed by atoms with van der Waals surface area (Å²) in [6.45, 7) is 1.90. The van der Waals surface area contributed by atoms with Crippen molar-refractivity contribution in [2.75, 3.05) is 12.5 Å². The molecule has 0 fully saturated rings. The van der Waals surface area contributed by atoms with Crippen molar-refractivity contribution in [1.29, 1.82) is 0 Å². The fraction of sp³-hybridized carbons (Fsp3) is 0.125. The lowest BCUT2D eigenvalue weighted by Gasteiger charge is -2.07. The first-order valence-electron chi connectivity index (χ1n) is 6.57. The van der Waals surface area contributed by atoms with Crippen LogP contribution in [0.15, 0.2) is 58.0 Å². The van der Waals surface area contributed by atoms with E-state index in [0.717, 1.165) is 28.1 Å². The third-order valence-corrected chi connectivity index (χ3v) is 3.11. The molecule has 0 aliphatic rings. The molecular formula is C16H15N3O2. The van der Waals surface area contributed by atoms with Crippen molar-refractivity contribution in [3.05, 3.63) is 54.1 Å². The monoisotopic (exact) mass is 281 g/mol. The number of oxazole rings is 1. The van der Waals surface area contributed by atoms with Gasteiger partial charge in [-0.1, -0.05) is 24.3 Å². The molecule has 2 aromatic carbocycles. The third-order valence-electron chi connectivity index (χ3n) is 3.11. The summed E-state index contributed by atoms with van der Waals surface area (Å²) in [6, 6.07) is 15.6. The Morgan fingerprint density at radius 2 is 1.90 bits per heavy atom. The average Bonchev–Trinajstić information content (AvgIpc) is 2.95. The minimum atomic E-state index is 0.366. The highest BCUT2D eigenvalue weighted by atomic mass is 16.5. The first kappa shape index (κ1) is 13.2. The van der Waals surface area contributed by atoms with Gasteiger partial charge in [-0.3, -0.25) is 0 Å². The van der Waals surface area contributed by atoms with Crippen LogP contribution in [0.3, 0.4) is 0 Å². The van der Waals surface area contributed by atoms with Gasteiger partial charge >= 0.3 is 6.01 Å². The van der Waals surface area contributed by atoms with Crippen LogP contribution in [-0.2, 0) is 0 Å². The van der Waals surface area contributed by atoms with Crippen LogP contribution < -0.4 is 10.2 Å². The number of hydrogen-bond acceptors (Lipinski definition) is 5. The Morgan fingerprint density at radius 3 is 2.71 bits per heavy atom. The van der Waals surface area contributed by atoms with Gasteiger partial charge in [-0.25, -0.2) is 5.43 Å². The summed E-state index contributed by atoms with van der Waals surface area (Å²) >= 11 is 0. The molecule has 0 saturated carbocycles. The van der Waals surface area contributed by atoms with Crippen LogP contribution in [0, 0.1) is 0 Å². The van der Waals surface area contributed by atoms with Crippen LogP contribution in [0.2, 0.25) is 0 Å². The standard InChI is InChI=1S/C16H15N3O2/c1-11(12-7-3-5-9-14(12)20-2)18-19-16-17-13-8-4-6-10-15(13)21-16/h3-10H,1-2H3,(H,17,19)/b18-11+. The highest BCUT2D eigenvalue weighted by Gasteiger charge is 2.07. The molecule has 0 bridgehead atoms. The number of nitrogens with zero attached hydrogens (tertiary/aromatic N) is 2. The van der Waals surface area contributed by atoms with E-state index in [0.29, 0.717) is 6.01 Å². The van der Waals surface area contributed by atoms with Crippen molar-refractivity contribution < 1.29 is 9.15 Å². The fourth-order valence-electron chi connectivity index (χ4n) is 2.06. The first-order valence-corrected chi connectivity index (χ1v) is 6.57. The van der Waals surface area contributed by atoms with Gasteiger partial charge in [0.15, 0.2) is 5.58 Å². The van der Waals surface area contributed by atoms with Crippen molar-refractivity contribution in [3.63, 3.8) is 0 Å². The van der Waals surface area contributed by atoms with Crippen molar-refractivity contribution in [2.45, 2.75) is 6.92 Å². The number of anilines is 1. The van der Waals surface area contributed by atoms with Crippen molar-refractivity contribution in [3.8, 4) is 5.75 Å². The fourth-order valence-corrected chi connectivity index (χ4v) is 2.06. The SMILES string of the molecule is COc1ccccc1/C(C)=N/Nc1nc2ccccc2o1. The van der Waals surface area contributed by atoms with Gasteiger partial charge in [-0.05, 0) is 31.2 Å². The number of hydrazone groups is 1. The second-order valence-corrected chi connectivity index (χ2v) is 4.50. The van der Waals surface area contributed by atoms with E-state index in [1.807, 2.05) is 55.5 Å². The molecule has 1 heterocycles. The summed E-state index contributed by atoms with van der Waals surface area (Å²) in [4.78, 5) is 4.30. The smallest absolute Gasteiger partial charge is 0.316 e. The van der Waals surface area contributed by atoms with Crippen molar-refractivity contribution in [2.24, 2.45) is 5.10 Å². The number of nitrogens with one attached hydrogen (secondary N) is 1. The molecule has 106 valence electrons. The Morgan fingerprint density at radius 1 is 1.14 bits per heavy atom. The maximum atomic E-state index is 5.55. The molecule has 3 aromatic rings. The largest absolute Gasteiger partial charge is 0.496 e. The van der Waals surface area contributed by atoms with Crippen molar-refractivity contribution >= 4 is 22.8 Å². The molecular weight excluding hydrogens is 266 g/mol. The number of hydrogen-bond donors (Lipinski definition) is 1. The number of methoxy groups -OCH3 is 1. The number of benzene rings is 2. The highest BCUT2D eigenvalue weighted by Crippen LogP contribution is 2.20. The Kier molecular flexibility index (Phi) is 3.55. The van der Waals surface area contributed by atoms with Gasteiger partial charge in [0, 0.05) is 5.56 Å². The zero-order valence-corrected chi connectivity index (χ0v) is 11.8. The molecule has 21 heavy (non-hydrogen) atoms. The predicted molar refractivity (Wildman–Crippen MR) is 82.8 cm³/mol. The molecule has 0 atom stereocenters. The molecule has 0 saturated heterocycles. The lowest BCUT2D eigenvalue weighted by molar-refractivity contribution is 0.414. The molecule has 1 aromatic heterocycles. The van der Waals surface area contributed by atoms with E-state index in [-0.39, 0.29) is 0 Å². The van der Waals surface area contributed by atoms with Gasteiger partial charge in [0.1, 0.15) is 11.3 Å². The zero-order valence-electron chi connectivity index (χ0n) is 11.8. The second kappa shape index (κ2) is 5.66. The molecule has 3 rings (SSSR count). The first-order chi connectivity index (χ1) is 10.3. The van der Waals surface area contributed by atoms with E-state index in [1.54, 1.807) is 7.11 Å². The molecule has 0 radical (unpaired) electrons. The summed E-state index contributed by atoms with van der Waals surface area (Å²) in [6.07, 6.45) is 0. The van der Waals surface area contributed by atoms with Crippen LogP contribution in [0.25, 0.3) is 11.1 Å². The lowest BCUT2D eigenvalue weighted by atomic mass is 10.1. The van der Waals surface area contributed by atoms with Gasteiger partial charge in [-0.2, -0.15) is 10.1 Å². The van der Waals surface area contributed by atoms with E-state index in [1.165, 1.54) is 0 Å². The number of para-hydroxylation sites is 3. The van der Waals surface area contributed by atoms with Gasteiger partial charge in [0.05, 0.1) is 12.8 Å². The summed E-state index contributed by atoms with van der Waals surface area (Å²) < 4.78 is 10.9. The lowest BCUT2D eigenvalue weighted by Crippen LogP contribution is -2.02. The maximum absolute atomic E-state index is 5.55. The Hall–Kier alpha value is -2.82. The Labute approximate surface area is 122 Å². The number of aromatic nitrogens is 1. The topological polar surface area (TPSA) is 59.6 Å². The number of rotatable bonds is 4. The molecule has 0 aliphatic carbocycles. The predicted octanol–water partition coefficient (Wildman–Crippen LogP) is 3.67. The van der Waals surface area contributed by atoms with E-state index in [2.05, 4.69) is 15.5 Å². The Balaban J connectivity index is 1.84. The van der Waals surface area contributed by atoms with Crippen LogP contribution in [0.5, 0.6) is 5.75 Å². The van der Waals surface area contributed by atoms with Gasteiger partial charge < -0.3 is 9.15 Å². The summed E-state index contributed by atoms with van der Waals surface area (Å²) in [5.41, 5.74) is 6.07. The minimum absolute atomic E-state index is 0.366. The van der Waals surface area contributed by atoms with E-state index < -0.39 is 0 Å². The molecule has 5 heteroatoms. The molecule has 5 nitrogen and oxygen atoms in total. The minimum Gasteiger partial charge on any atom is -0.496 e. The quantitative estimate of drug-likeness (QED) is 0.585. The summed E-state index contributed by atoms with van der Waals surface area (Å²) in [7, 11) is 1.64. The molecule has 0 aliphatic heterocycles. The van der Waals surface area contributed by atoms with Crippen LogP contribution in [0.4, 0.5) is 6.01 Å². The number of fused-ring (bicyclic) bond motifs is 1. The zero-order chi connectivity index (χ0) is 14.7. The van der Waals surface area contributed by atoms with Gasteiger partial charge in [-0.15, -0.1) is 0 Å². The normalized spacial score (nSPS) is 11.6. The number of ether oxygens (including phenoxy) is 1. The average molecular weight is 281 g/mol. The molecule has 0 unspecified atom stereocenters. The highest BCUT2D eigenvalue weighted by molar-refractivity contribution is 6.01. The molecule has 0 amide bonds. The van der Waals surface area contributed by atoms with Crippen molar-refractivity contribution in [1.82, 2.24) is 4.98 Å². The van der Waals surface area contributed by atoms with Gasteiger partial charge in [0.2, 0.25) is 0 Å². The Bertz CT molecular complexity index is 760. The second-order valence-electron chi connectivity index (χ2n) is 4.50.